The molecule has 0 spiro atoms. The molecule has 1 aromatic rings. The summed E-state index contributed by atoms with van der Waals surface area (Å²) in [6.45, 7) is 7.29. The van der Waals surface area contributed by atoms with Crippen LogP contribution in [-0.2, 0) is 16.3 Å². The van der Waals surface area contributed by atoms with Crippen molar-refractivity contribution in [3.8, 4) is 0 Å². The molecule has 2 unspecified atom stereocenters. The minimum absolute atomic E-state index is 0.0590. The Kier molecular flexibility index (Phi) is 4.87. The highest BCUT2D eigenvalue weighted by atomic mass is 32.2. The van der Waals surface area contributed by atoms with Crippen LogP contribution < -0.4 is 5.32 Å². The van der Waals surface area contributed by atoms with Crippen LogP contribution in [0.4, 0.5) is 0 Å². The van der Waals surface area contributed by atoms with Crippen molar-refractivity contribution in [3.63, 3.8) is 0 Å². The van der Waals surface area contributed by atoms with E-state index in [1.165, 1.54) is 4.88 Å². The molecule has 0 amide bonds. The van der Waals surface area contributed by atoms with Gasteiger partial charge in [0.1, 0.15) is 0 Å². The second-order valence-corrected chi connectivity index (χ2v) is 9.93. The van der Waals surface area contributed by atoms with E-state index in [1.807, 2.05) is 11.7 Å². The number of sulfone groups is 1. The SMILES string of the molecule is CC(C)(C)NCC(Cc1cncs1)C1CCS(=O)(=O)C1. The summed E-state index contributed by atoms with van der Waals surface area (Å²) in [4.78, 5) is 5.36. The Hall–Kier alpha value is -0.460. The summed E-state index contributed by atoms with van der Waals surface area (Å²) in [5.41, 5.74) is 1.90. The number of rotatable bonds is 5. The molecular formula is C14H24N2O2S2. The molecule has 1 aliphatic rings. The number of hydrogen-bond acceptors (Lipinski definition) is 5. The highest BCUT2D eigenvalue weighted by molar-refractivity contribution is 7.91. The Balaban J connectivity index is 2.03. The molecule has 0 radical (unpaired) electrons. The number of thiazole rings is 1. The Bertz CT molecular complexity index is 518. The molecule has 1 fully saturated rings. The minimum Gasteiger partial charge on any atom is -0.312 e. The molecule has 2 rings (SSSR count). The van der Waals surface area contributed by atoms with Gasteiger partial charge in [-0.05, 0) is 52.0 Å². The van der Waals surface area contributed by atoms with E-state index >= 15 is 0 Å². The van der Waals surface area contributed by atoms with Crippen molar-refractivity contribution in [2.24, 2.45) is 11.8 Å². The quantitative estimate of drug-likeness (QED) is 0.904. The standard InChI is InChI=1S/C14H24N2O2S2/c1-14(2,3)16-7-12(6-13-8-15-10-19-13)11-4-5-20(17,18)9-11/h8,10-12,16H,4-7,9H2,1-3H3. The van der Waals surface area contributed by atoms with Gasteiger partial charge in [0.25, 0.3) is 0 Å². The molecule has 1 saturated heterocycles. The number of nitrogens with zero attached hydrogens (tertiary/aromatic N) is 1. The van der Waals surface area contributed by atoms with Crippen molar-refractivity contribution in [1.82, 2.24) is 10.3 Å². The first-order valence-corrected chi connectivity index (χ1v) is 9.78. The van der Waals surface area contributed by atoms with Gasteiger partial charge in [-0.3, -0.25) is 4.98 Å². The summed E-state index contributed by atoms with van der Waals surface area (Å²) in [6.07, 6.45) is 3.63. The van der Waals surface area contributed by atoms with Crippen LogP contribution in [0.2, 0.25) is 0 Å². The van der Waals surface area contributed by atoms with E-state index in [9.17, 15) is 8.42 Å². The zero-order valence-electron chi connectivity index (χ0n) is 12.4. The predicted octanol–water partition coefficient (Wildman–Crippen LogP) is 2.12. The van der Waals surface area contributed by atoms with Crippen LogP contribution in [-0.4, -0.2) is 37.0 Å². The zero-order chi connectivity index (χ0) is 14.8. The number of nitrogens with one attached hydrogen (secondary N) is 1. The van der Waals surface area contributed by atoms with Crippen molar-refractivity contribution in [3.05, 3.63) is 16.6 Å². The van der Waals surface area contributed by atoms with E-state index < -0.39 is 9.84 Å². The lowest BCUT2D eigenvalue weighted by molar-refractivity contribution is 0.303. The van der Waals surface area contributed by atoms with Gasteiger partial charge in [-0.25, -0.2) is 8.42 Å². The van der Waals surface area contributed by atoms with Crippen molar-refractivity contribution < 1.29 is 8.42 Å². The van der Waals surface area contributed by atoms with Crippen molar-refractivity contribution in [2.45, 2.75) is 39.2 Å². The van der Waals surface area contributed by atoms with Crippen LogP contribution in [0.5, 0.6) is 0 Å². The van der Waals surface area contributed by atoms with Crippen molar-refractivity contribution >= 4 is 21.2 Å². The lowest BCUT2D eigenvalue weighted by Crippen LogP contribution is -2.41. The predicted molar refractivity (Wildman–Crippen MR) is 83.8 cm³/mol. The fourth-order valence-corrected chi connectivity index (χ4v) is 5.25. The molecule has 0 aromatic carbocycles. The van der Waals surface area contributed by atoms with Crippen molar-refractivity contribution in [1.29, 1.82) is 0 Å². The summed E-state index contributed by atoms with van der Waals surface area (Å²) >= 11 is 1.65. The van der Waals surface area contributed by atoms with E-state index in [4.69, 9.17) is 0 Å². The maximum Gasteiger partial charge on any atom is 0.150 e. The van der Waals surface area contributed by atoms with E-state index in [0.717, 1.165) is 19.4 Å². The number of hydrogen-bond donors (Lipinski definition) is 1. The molecule has 114 valence electrons. The normalized spacial score (nSPS) is 23.9. The molecule has 1 N–H and O–H groups in total. The van der Waals surface area contributed by atoms with E-state index in [0.29, 0.717) is 17.4 Å². The third-order valence-electron chi connectivity index (χ3n) is 3.78. The average Bonchev–Trinajstić information content (AvgIpc) is 2.92. The van der Waals surface area contributed by atoms with Gasteiger partial charge in [-0.1, -0.05) is 0 Å². The maximum atomic E-state index is 11.7. The van der Waals surface area contributed by atoms with Crippen LogP contribution in [0.1, 0.15) is 32.1 Å². The van der Waals surface area contributed by atoms with Gasteiger partial charge in [0.15, 0.2) is 9.84 Å². The van der Waals surface area contributed by atoms with Crippen LogP contribution in [0, 0.1) is 11.8 Å². The molecular weight excluding hydrogens is 292 g/mol. The van der Waals surface area contributed by atoms with Gasteiger partial charge in [0.2, 0.25) is 0 Å². The van der Waals surface area contributed by atoms with Crippen LogP contribution in [0.25, 0.3) is 0 Å². The highest BCUT2D eigenvalue weighted by Crippen LogP contribution is 2.29. The fourth-order valence-electron chi connectivity index (χ4n) is 2.64. The van der Waals surface area contributed by atoms with Crippen LogP contribution >= 0.6 is 11.3 Å². The van der Waals surface area contributed by atoms with Crippen LogP contribution in [0.15, 0.2) is 11.7 Å². The first-order chi connectivity index (χ1) is 9.25. The van der Waals surface area contributed by atoms with Gasteiger partial charge in [-0.2, -0.15) is 0 Å². The van der Waals surface area contributed by atoms with E-state index in [-0.39, 0.29) is 11.5 Å². The van der Waals surface area contributed by atoms with Gasteiger partial charge < -0.3 is 5.32 Å². The van der Waals surface area contributed by atoms with Gasteiger partial charge in [-0.15, -0.1) is 11.3 Å². The summed E-state index contributed by atoms with van der Waals surface area (Å²) in [7, 11) is -2.81. The second-order valence-electron chi connectivity index (χ2n) is 6.73. The molecule has 0 bridgehead atoms. The fraction of sp³-hybridized carbons (Fsp3) is 0.786. The molecule has 0 aliphatic carbocycles. The number of aromatic nitrogens is 1. The zero-order valence-corrected chi connectivity index (χ0v) is 14.1. The molecule has 20 heavy (non-hydrogen) atoms. The van der Waals surface area contributed by atoms with E-state index in [2.05, 4.69) is 31.1 Å². The Morgan fingerprint density at radius 3 is 2.75 bits per heavy atom. The monoisotopic (exact) mass is 316 g/mol. The van der Waals surface area contributed by atoms with Gasteiger partial charge in [0, 0.05) is 16.6 Å². The molecule has 2 atom stereocenters. The maximum absolute atomic E-state index is 11.7. The average molecular weight is 316 g/mol. The lowest BCUT2D eigenvalue weighted by atomic mass is 9.88. The summed E-state index contributed by atoms with van der Waals surface area (Å²) in [6, 6.07) is 0. The van der Waals surface area contributed by atoms with E-state index in [1.54, 1.807) is 11.3 Å². The van der Waals surface area contributed by atoms with Gasteiger partial charge >= 0.3 is 0 Å². The third kappa shape index (κ3) is 4.82. The second kappa shape index (κ2) is 6.12. The summed E-state index contributed by atoms with van der Waals surface area (Å²) in [5.74, 6) is 1.35. The first kappa shape index (κ1) is 15.9. The lowest BCUT2D eigenvalue weighted by Gasteiger charge is -2.28. The van der Waals surface area contributed by atoms with Gasteiger partial charge in [0.05, 0.1) is 17.0 Å². The van der Waals surface area contributed by atoms with Crippen molar-refractivity contribution in [2.75, 3.05) is 18.1 Å². The Labute approximate surface area is 125 Å². The third-order valence-corrected chi connectivity index (χ3v) is 6.37. The molecule has 1 aromatic heterocycles. The first-order valence-electron chi connectivity index (χ1n) is 7.08. The molecule has 6 heteroatoms. The topological polar surface area (TPSA) is 59.1 Å². The Morgan fingerprint density at radius 1 is 1.50 bits per heavy atom. The molecule has 1 aliphatic heterocycles. The Morgan fingerprint density at radius 2 is 2.25 bits per heavy atom. The minimum atomic E-state index is -2.81. The summed E-state index contributed by atoms with van der Waals surface area (Å²) in [5, 5.41) is 3.53. The highest BCUT2D eigenvalue weighted by Gasteiger charge is 2.34. The summed E-state index contributed by atoms with van der Waals surface area (Å²) < 4.78 is 23.4. The molecule has 2 heterocycles. The largest absolute Gasteiger partial charge is 0.312 e. The molecule has 4 nitrogen and oxygen atoms in total. The smallest absolute Gasteiger partial charge is 0.150 e. The molecule has 0 saturated carbocycles. The van der Waals surface area contributed by atoms with Crippen LogP contribution in [0.3, 0.4) is 0 Å².